The van der Waals surface area contributed by atoms with Crippen molar-refractivity contribution in [3.8, 4) is 0 Å². The fourth-order valence-electron chi connectivity index (χ4n) is 5.03. The van der Waals surface area contributed by atoms with E-state index < -0.39 is 0 Å². The van der Waals surface area contributed by atoms with Gasteiger partial charge in [-0.25, -0.2) is 0 Å². The van der Waals surface area contributed by atoms with Gasteiger partial charge in [-0.15, -0.1) is 11.3 Å². The molecule has 92 valence electrons. The lowest BCUT2D eigenvalue weighted by molar-refractivity contribution is -0.722. The average molecular weight is 248 g/mol. The van der Waals surface area contributed by atoms with Crippen molar-refractivity contribution in [3.63, 3.8) is 0 Å². The summed E-state index contributed by atoms with van der Waals surface area (Å²) in [5.74, 6) is 4.35. The zero-order valence-electron chi connectivity index (χ0n) is 10.3. The zero-order chi connectivity index (χ0) is 11.2. The quantitative estimate of drug-likeness (QED) is 0.847. The summed E-state index contributed by atoms with van der Waals surface area (Å²) in [6.45, 7) is 1.23. The van der Waals surface area contributed by atoms with Crippen LogP contribution in [0, 0.1) is 23.7 Å². The largest absolute Gasteiger partial charge is 0.339 e. The van der Waals surface area contributed by atoms with E-state index in [0.29, 0.717) is 0 Å². The van der Waals surface area contributed by atoms with Crippen LogP contribution in [-0.2, 0) is 6.54 Å². The number of quaternary nitrogens is 1. The van der Waals surface area contributed by atoms with Crippen LogP contribution in [0.4, 0.5) is 0 Å². The minimum Gasteiger partial charge on any atom is -0.339 e. The molecule has 0 aliphatic heterocycles. The zero-order valence-corrected chi connectivity index (χ0v) is 11.2. The molecule has 1 heterocycles. The van der Waals surface area contributed by atoms with Crippen LogP contribution in [0.5, 0.6) is 0 Å². The number of hydrogen-bond acceptors (Lipinski definition) is 1. The maximum atomic E-state index is 2.68. The first kappa shape index (κ1) is 10.6. The van der Waals surface area contributed by atoms with Gasteiger partial charge in [-0.3, -0.25) is 0 Å². The van der Waals surface area contributed by atoms with Crippen LogP contribution >= 0.6 is 11.3 Å². The fraction of sp³-hybridized carbons (Fsp3) is 0.733. The van der Waals surface area contributed by atoms with E-state index in [-0.39, 0.29) is 0 Å². The van der Waals surface area contributed by atoms with Crippen LogP contribution in [0.3, 0.4) is 0 Å². The Morgan fingerprint density at radius 3 is 2.35 bits per heavy atom. The highest BCUT2D eigenvalue weighted by molar-refractivity contribution is 7.09. The normalized spacial score (nSPS) is 43.2. The van der Waals surface area contributed by atoms with Crippen LogP contribution < -0.4 is 5.32 Å². The highest BCUT2D eigenvalue weighted by Crippen LogP contribution is 2.52. The van der Waals surface area contributed by atoms with E-state index in [1.54, 1.807) is 37.0 Å². The molecule has 1 aromatic rings. The maximum absolute atomic E-state index is 2.68. The van der Waals surface area contributed by atoms with E-state index in [1.807, 2.05) is 11.3 Å². The summed E-state index contributed by atoms with van der Waals surface area (Å²) in [4.78, 5) is 1.55. The van der Waals surface area contributed by atoms with Crippen LogP contribution in [-0.4, -0.2) is 6.04 Å². The predicted octanol–water partition coefficient (Wildman–Crippen LogP) is 2.64. The SMILES string of the molecule is c1csc(C[NH2+]C2C3CC4CC(C3)CC2C4)c1. The van der Waals surface area contributed by atoms with Gasteiger partial charge in [0.2, 0.25) is 0 Å². The Balaban J connectivity index is 1.44. The van der Waals surface area contributed by atoms with E-state index in [4.69, 9.17) is 0 Å². The first-order valence-electron chi connectivity index (χ1n) is 7.24. The molecule has 0 spiro atoms. The number of thiophene rings is 1. The van der Waals surface area contributed by atoms with Gasteiger partial charge in [-0.1, -0.05) is 6.07 Å². The second-order valence-corrected chi connectivity index (χ2v) is 7.56. The summed E-state index contributed by atoms with van der Waals surface area (Å²) >= 11 is 1.92. The Bertz CT molecular complexity index is 356. The molecule has 4 aliphatic rings. The van der Waals surface area contributed by atoms with E-state index >= 15 is 0 Å². The summed E-state index contributed by atoms with van der Waals surface area (Å²) in [5.41, 5.74) is 0. The molecule has 2 heteroatoms. The lowest BCUT2D eigenvalue weighted by Gasteiger charge is -2.52. The van der Waals surface area contributed by atoms with Crippen LogP contribution in [0.1, 0.15) is 37.0 Å². The summed E-state index contributed by atoms with van der Waals surface area (Å²) in [5, 5.41) is 4.89. The summed E-state index contributed by atoms with van der Waals surface area (Å²) in [6, 6.07) is 5.44. The summed E-state index contributed by atoms with van der Waals surface area (Å²) < 4.78 is 0. The van der Waals surface area contributed by atoms with Gasteiger partial charge in [-0.05, 0) is 55.4 Å². The monoisotopic (exact) mass is 248 g/mol. The van der Waals surface area contributed by atoms with E-state index in [1.165, 1.54) is 6.54 Å². The van der Waals surface area contributed by atoms with E-state index in [9.17, 15) is 0 Å². The summed E-state index contributed by atoms with van der Waals surface area (Å²) in [6.07, 6.45) is 7.79. The van der Waals surface area contributed by atoms with Crippen molar-refractivity contribution in [3.05, 3.63) is 22.4 Å². The minimum absolute atomic E-state index is 0.963. The molecule has 1 nitrogen and oxygen atoms in total. The van der Waals surface area contributed by atoms with Crippen molar-refractivity contribution in [2.75, 3.05) is 0 Å². The van der Waals surface area contributed by atoms with Crippen molar-refractivity contribution in [2.45, 2.75) is 44.7 Å². The van der Waals surface area contributed by atoms with Crippen molar-refractivity contribution in [1.82, 2.24) is 0 Å². The molecule has 4 saturated carbocycles. The third-order valence-corrected chi connectivity index (χ3v) is 6.37. The molecule has 4 bridgehead atoms. The molecule has 0 radical (unpaired) electrons. The van der Waals surface area contributed by atoms with Gasteiger partial charge in [-0.2, -0.15) is 0 Å². The van der Waals surface area contributed by atoms with E-state index in [0.717, 1.165) is 29.7 Å². The Labute approximate surface area is 108 Å². The highest BCUT2D eigenvalue weighted by atomic mass is 32.1. The van der Waals surface area contributed by atoms with Crippen molar-refractivity contribution in [1.29, 1.82) is 0 Å². The van der Waals surface area contributed by atoms with Gasteiger partial charge in [0.05, 0.1) is 10.9 Å². The van der Waals surface area contributed by atoms with Crippen LogP contribution in [0.15, 0.2) is 17.5 Å². The lowest BCUT2D eigenvalue weighted by atomic mass is 9.54. The van der Waals surface area contributed by atoms with Crippen molar-refractivity contribution < 1.29 is 5.32 Å². The number of rotatable bonds is 3. The minimum atomic E-state index is 0.963. The third kappa shape index (κ3) is 1.86. The molecule has 4 fully saturated rings. The predicted molar refractivity (Wildman–Crippen MR) is 70.8 cm³/mol. The molecule has 4 aliphatic carbocycles. The van der Waals surface area contributed by atoms with Gasteiger partial charge in [0.25, 0.3) is 0 Å². The Kier molecular flexibility index (Phi) is 2.55. The second kappa shape index (κ2) is 4.10. The molecular weight excluding hydrogens is 226 g/mol. The van der Waals surface area contributed by atoms with Crippen LogP contribution in [0.2, 0.25) is 0 Å². The molecule has 2 N–H and O–H groups in total. The lowest BCUT2D eigenvalue weighted by Crippen LogP contribution is -2.93. The highest BCUT2D eigenvalue weighted by Gasteiger charge is 2.49. The first-order chi connectivity index (χ1) is 8.38. The molecular formula is C15H22NS+. The van der Waals surface area contributed by atoms with Crippen molar-refractivity contribution >= 4 is 11.3 Å². The van der Waals surface area contributed by atoms with Gasteiger partial charge >= 0.3 is 0 Å². The molecule has 0 amide bonds. The standard InChI is InChI=1S/C15H21NS/c1-2-14(17-3-1)9-16-15-12-5-10-4-11(7-12)8-13(15)6-10/h1-3,10-13,15-16H,4-9H2/p+1. The maximum Gasteiger partial charge on any atom is 0.111 e. The second-order valence-electron chi connectivity index (χ2n) is 6.53. The molecule has 0 atom stereocenters. The number of hydrogen-bond donors (Lipinski definition) is 1. The Hall–Kier alpha value is -0.340. The molecule has 0 unspecified atom stereocenters. The average Bonchev–Trinajstić information content (AvgIpc) is 2.80. The van der Waals surface area contributed by atoms with Gasteiger partial charge in [0.15, 0.2) is 0 Å². The topological polar surface area (TPSA) is 16.6 Å². The molecule has 17 heavy (non-hydrogen) atoms. The Morgan fingerprint density at radius 1 is 1.06 bits per heavy atom. The van der Waals surface area contributed by atoms with Gasteiger partial charge in [0, 0.05) is 11.8 Å². The van der Waals surface area contributed by atoms with Gasteiger partial charge < -0.3 is 5.32 Å². The molecule has 0 saturated heterocycles. The smallest absolute Gasteiger partial charge is 0.111 e. The number of nitrogens with two attached hydrogens (primary N) is 1. The molecule has 0 aromatic carbocycles. The van der Waals surface area contributed by atoms with Crippen LogP contribution in [0.25, 0.3) is 0 Å². The van der Waals surface area contributed by atoms with E-state index in [2.05, 4.69) is 22.8 Å². The molecule has 5 rings (SSSR count). The Morgan fingerprint density at radius 2 is 1.76 bits per heavy atom. The van der Waals surface area contributed by atoms with Gasteiger partial charge in [0.1, 0.15) is 6.54 Å². The molecule has 1 aromatic heterocycles. The fourth-order valence-corrected chi connectivity index (χ4v) is 5.71. The first-order valence-corrected chi connectivity index (χ1v) is 8.12. The third-order valence-electron chi connectivity index (χ3n) is 5.47. The summed E-state index contributed by atoms with van der Waals surface area (Å²) in [7, 11) is 0. The van der Waals surface area contributed by atoms with Crippen molar-refractivity contribution in [2.24, 2.45) is 23.7 Å².